The SMILES string of the molecule is FC(F)CNc1ccc(N2CCCCC2)cc1. The van der Waals surface area contributed by atoms with Crippen LogP contribution in [-0.4, -0.2) is 26.1 Å². The maximum Gasteiger partial charge on any atom is 0.255 e. The first-order valence-electron chi connectivity index (χ1n) is 6.13. The van der Waals surface area contributed by atoms with Crippen molar-refractivity contribution in [1.82, 2.24) is 0 Å². The Bertz CT molecular complexity index is 332. The third-order valence-electron chi connectivity index (χ3n) is 3.05. The highest BCUT2D eigenvalue weighted by Crippen LogP contribution is 2.21. The minimum absolute atomic E-state index is 0.289. The molecule has 1 fully saturated rings. The molecule has 0 radical (unpaired) electrons. The summed E-state index contributed by atoms with van der Waals surface area (Å²) in [6.07, 6.45) is 1.48. The fourth-order valence-corrected chi connectivity index (χ4v) is 2.14. The monoisotopic (exact) mass is 240 g/mol. The van der Waals surface area contributed by atoms with Gasteiger partial charge in [0.25, 0.3) is 6.43 Å². The summed E-state index contributed by atoms with van der Waals surface area (Å²) < 4.78 is 24.0. The normalized spacial score (nSPS) is 16.3. The molecule has 94 valence electrons. The van der Waals surface area contributed by atoms with Crippen LogP contribution in [0, 0.1) is 0 Å². The summed E-state index contributed by atoms with van der Waals surface area (Å²) >= 11 is 0. The van der Waals surface area contributed by atoms with Crippen LogP contribution in [0.25, 0.3) is 0 Å². The highest BCUT2D eigenvalue weighted by molar-refractivity contribution is 5.55. The van der Waals surface area contributed by atoms with Crippen molar-refractivity contribution in [3.05, 3.63) is 24.3 Å². The molecular weight excluding hydrogens is 222 g/mol. The third-order valence-corrected chi connectivity index (χ3v) is 3.05. The lowest BCUT2D eigenvalue weighted by molar-refractivity contribution is 0.163. The van der Waals surface area contributed by atoms with Gasteiger partial charge in [0, 0.05) is 24.5 Å². The van der Waals surface area contributed by atoms with E-state index in [0.717, 1.165) is 18.8 Å². The first kappa shape index (κ1) is 12.1. The summed E-state index contributed by atoms with van der Waals surface area (Å²) in [6.45, 7) is 1.91. The van der Waals surface area contributed by atoms with Crippen molar-refractivity contribution in [2.75, 3.05) is 29.9 Å². The molecule has 2 nitrogen and oxygen atoms in total. The lowest BCUT2D eigenvalue weighted by atomic mass is 10.1. The van der Waals surface area contributed by atoms with Crippen LogP contribution in [0.5, 0.6) is 0 Å². The van der Waals surface area contributed by atoms with Gasteiger partial charge in [0.2, 0.25) is 0 Å². The second kappa shape index (κ2) is 5.84. The Morgan fingerprint density at radius 2 is 1.71 bits per heavy atom. The number of nitrogens with one attached hydrogen (secondary N) is 1. The Labute approximate surface area is 101 Å². The van der Waals surface area contributed by atoms with Crippen molar-refractivity contribution in [3.63, 3.8) is 0 Å². The number of hydrogen-bond acceptors (Lipinski definition) is 2. The number of hydrogen-bond donors (Lipinski definition) is 1. The van der Waals surface area contributed by atoms with Gasteiger partial charge in [-0.05, 0) is 43.5 Å². The zero-order valence-electron chi connectivity index (χ0n) is 9.83. The largest absolute Gasteiger partial charge is 0.379 e. The molecule has 1 saturated heterocycles. The third kappa shape index (κ3) is 3.58. The number of alkyl halides is 2. The Balaban J connectivity index is 1.92. The molecule has 4 heteroatoms. The molecule has 0 aromatic heterocycles. The standard InChI is InChI=1S/C13H18F2N2/c14-13(15)10-16-11-4-6-12(7-5-11)17-8-2-1-3-9-17/h4-7,13,16H,1-3,8-10H2. The Morgan fingerprint density at radius 1 is 1.06 bits per heavy atom. The van der Waals surface area contributed by atoms with E-state index >= 15 is 0 Å². The van der Waals surface area contributed by atoms with Crippen molar-refractivity contribution < 1.29 is 8.78 Å². The molecule has 17 heavy (non-hydrogen) atoms. The number of halogens is 2. The van der Waals surface area contributed by atoms with Gasteiger partial charge in [0.05, 0.1) is 6.54 Å². The number of piperidine rings is 1. The molecule has 0 aliphatic carbocycles. The van der Waals surface area contributed by atoms with Crippen LogP contribution in [-0.2, 0) is 0 Å². The first-order chi connectivity index (χ1) is 8.25. The molecule has 0 spiro atoms. The average molecular weight is 240 g/mol. The second-order valence-corrected chi connectivity index (χ2v) is 4.37. The topological polar surface area (TPSA) is 15.3 Å². The zero-order valence-corrected chi connectivity index (χ0v) is 9.83. The van der Waals surface area contributed by atoms with Crippen molar-refractivity contribution in [1.29, 1.82) is 0 Å². The number of rotatable bonds is 4. The minimum Gasteiger partial charge on any atom is -0.379 e. The lowest BCUT2D eigenvalue weighted by Crippen LogP contribution is -2.29. The van der Waals surface area contributed by atoms with Gasteiger partial charge in [0.1, 0.15) is 0 Å². The van der Waals surface area contributed by atoms with Gasteiger partial charge in [-0.15, -0.1) is 0 Å². The van der Waals surface area contributed by atoms with Gasteiger partial charge in [-0.2, -0.15) is 0 Å². The second-order valence-electron chi connectivity index (χ2n) is 4.37. The van der Waals surface area contributed by atoms with Crippen LogP contribution in [0.4, 0.5) is 20.2 Å². The van der Waals surface area contributed by atoms with Crippen LogP contribution in [0.3, 0.4) is 0 Å². The predicted octanol–water partition coefficient (Wildman–Crippen LogP) is 3.35. The summed E-state index contributed by atoms with van der Waals surface area (Å²) in [5, 5.41) is 2.71. The molecule has 1 aromatic rings. The van der Waals surface area contributed by atoms with Crippen molar-refractivity contribution in [3.8, 4) is 0 Å². The summed E-state index contributed by atoms with van der Waals surface area (Å²) in [6, 6.07) is 7.73. The summed E-state index contributed by atoms with van der Waals surface area (Å²) in [5.74, 6) is 0. The van der Waals surface area contributed by atoms with E-state index in [-0.39, 0.29) is 6.54 Å². The van der Waals surface area contributed by atoms with Crippen LogP contribution < -0.4 is 10.2 Å². The summed E-state index contributed by atoms with van der Waals surface area (Å²) in [4.78, 5) is 2.35. The highest BCUT2D eigenvalue weighted by atomic mass is 19.3. The van der Waals surface area contributed by atoms with Crippen LogP contribution in [0.1, 0.15) is 19.3 Å². The van der Waals surface area contributed by atoms with Crippen molar-refractivity contribution in [2.24, 2.45) is 0 Å². The van der Waals surface area contributed by atoms with Crippen LogP contribution >= 0.6 is 0 Å². The highest BCUT2D eigenvalue weighted by Gasteiger charge is 2.10. The smallest absolute Gasteiger partial charge is 0.255 e. The molecule has 0 saturated carbocycles. The molecule has 1 aliphatic heterocycles. The van der Waals surface area contributed by atoms with E-state index in [1.165, 1.54) is 24.9 Å². The molecule has 1 N–H and O–H groups in total. The predicted molar refractivity (Wildman–Crippen MR) is 67.0 cm³/mol. The van der Waals surface area contributed by atoms with Gasteiger partial charge in [-0.3, -0.25) is 0 Å². The summed E-state index contributed by atoms with van der Waals surface area (Å²) in [5.41, 5.74) is 1.94. The van der Waals surface area contributed by atoms with Gasteiger partial charge >= 0.3 is 0 Å². The Kier molecular flexibility index (Phi) is 4.18. The quantitative estimate of drug-likeness (QED) is 0.868. The molecule has 2 rings (SSSR count). The van der Waals surface area contributed by atoms with E-state index < -0.39 is 6.43 Å². The minimum atomic E-state index is -2.31. The van der Waals surface area contributed by atoms with E-state index in [9.17, 15) is 8.78 Å². The van der Waals surface area contributed by atoms with Crippen LogP contribution in [0.15, 0.2) is 24.3 Å². The van der Waals surface area contributed by atoms with E-state index in [0.29, 0.717) is 0 Å². The van der Waals surface area contributed by atoms with Gasteiger partial charge in [0.15, 0.2) is 0 Å². The Morgan fingerprint density at radius 3 is 2.29 bits per heavy atom. The molecular formula is C13H18F2N2. The maximum atomic E-state index is 12.0. The van der Waals surface area contributed by atoms with E-state index in [1.54, 1.807) is 0 Å². The molecule has 0 unspecified atom stereocenters. The number of benzene rings is 1. The zero-order chi connectivity index (χ0) is 12.1. The number of nitrogens with zero attached hydrogens (tertiary/aromatic N) is 1. The van der Waals surface area contributed by atoms with Gasteiger partial charge < -0.3 is 10.2 Å². The Hall–Kier alpha value is -1.32. The van der Waals surface area contributed by atoms with E-state index in [1.807, 2.05) is 24.3 Å². The average Bonchev–Trinajstić information content (AvgIpc) is 2.38. The number of anilines is 2. The molecule has 0 atom stereocenters. The summed E-state index contributed by atoms with van der Waals surface area (Å²) in [7, 11) is 0. The molecule has 1 aromatic carbocycles. The lowest BCUT2D eigenvalue weighted by Gasteiger charge is -2.28. The van der Waals surface area contributed by atoms with E-state index in [2.05, 4.69) is 10.2 Å². The molecule has 0 amide bonds. The van der Waals surface area contributed by atoms with Crippen molar-refractivity contribution in [2.45, 2.75) is 25.7 Å². The van der Waals surface area contributed by atoms with Gasteiger partial charge in [-0.1, -0.05) is 0 Å². The van der Waals surface area contributed by atoms with Gasteiger partial charge in [-0.25, -0.2) is 8.78 Å². The fourth-order valence-electron chi connectivity index (χ4n) is 2.14. The molecule has 1 aliphatic rings. The van der Waals surface area contributed by atoms with Crippen molar-refractivity contribution >= 4 is 11.4 Å². The van der Waals surface area contributed by atoms with Crippen LogP contribution in [0.2, 0.25) is 0 Å². The van der Waals surface area contributed by atoms with E-state index in [4.69, 9.17) is 0 Å². The maximum absolute atomic E-state index is 12.0. The molecule has 1 heterocycles. The fraction of sp³-hybridized carbons (Fsp3) is 0.538. The first-order valence-corrected chi connectivity index (χ1v) is 6.13. The molecule has 0 bridgehead atoms.